The van der Waals surface area contributed by atoms with E-state index in [1.807, 2.05) is 39.1 Å². The Bertz CT molecular complexity index is 1270. The van der Waals surface area contributed by atoms with Gasteiger partial charge in [0.1, 0.15) is 11.3 Å². The van der Waals surface area contributed by atoms with Gasteiger partial charge in [0.15, 0.2) is 5.78 Å². The molecule has 0 bridgehead atoms. The number of hydrogen-bond donors (Lipinski definition) is 0. The van der Waals surface area contributed by atoms with Gasteiger partial charge in [-0.05, 0) is 55.0 Å². The van der Waals surface area contributed by atoms with Gasteiger partial charge in [-0.25, -0.2) is 4.98 Å². The molecule has 170 valence electrons. The number of Topliss-reactive ketones (excluding diaryl/α,β-unsaturated/α-hetero) is 1. The molecule has 0 spiro atoms. The van der Waals surface area contributed by atoms with Crippen LogP contribution < -0.4 is 0 Å². The van der Waals surface area contributed by atoms with E-state index in [-0.39, 0.29) is 11.7 Å². The molecule has 0 N–H and O–H groups in total. The van der Waals surface area contributed by atoms with Crippen LogP contribution in [-0.2, 0) is 25.8 Å². The number of aryl methyl sites for hydroxylation is 2. The summed E-state index contributed by atoms with van der Waals surface area (Å²) in [6.07, 6.45) is 6.50. The second kappa shape index (κ2) is 10.1. The van der Waals surface area contributed by atoms with Crippen molar-refractivity contribution in [3.8, 4) is 0 Å². The molecule has 3 aromatic heterocycles. The lowest BCUT2D eigenvalue weighted by atomic mass is 10.0. The van der Waals surface area contributed by atoms with Gasteiger partial charge >= 0.3 is 0 Å². The Morgan fingerprint density at radius 3 is 2.52 bits per heavy atom. The van der Waals surface area contributed by atoms with Crippen LogP contribution in [0.2, 0.25) is 0 Å². The highest BCUT2D eigenvalue weighted by molar-refractivity contribution is 7.10. The van der Waals surface area contributed by atoms with E-state index in [0.29, 0.717) is 18.8 Å². The maximum atomic E-state index is 12.8. The van der Waals surface area contributed by atoms with Gasteiger partial charge in [0.05, 0.1) is 12.7 Å². The average molecular weight is 460 g/mol. The minimum atomic E-state index is -0.0212. The third kappa shape index (κ3) is 4.91. The van der Waals surface area contributed by atoms with Gasteiger partial charge in [-0.2, -0.15) is 0 Å². The lowest BCUT2D eigenvalue weighted by molar-refractivity contribution is 0.0730. The number of amides is 1. The highest BCUT2D eigenvalue weighted by Crippen LogP contribution is 2.29. The molecule has 5 nitrogen and oxygen atoms in total. The molecule has 1 aliphatic rings. The normalized spacial score (nSPS) is 12.8. The number of rotatable bonds is 4. The third-order valence-corrected chi connectivity index (χ3v) is 7.07. The maximum Gasteiger partial charge on any atom is 0.272 e. The summed E-state index contributed by atoms with van der Waals surface area (Å²) in [6.45, 7) is 7.16. The summed E-state index contributed by atoms with van der Waals surface area (Å²) in [5.74, 6) is 0.0798. The van der Waals surface area contributed by atoms with Crippen molar-refractivity contribution in [3.05, 3.63) is 93.1 Å². The van der Waals surface area contributed by atoms with E-state index in [4.69, 9.17) is 0 Å². The third-order valence-electron chi connectivity index (χ3n) is 6.06. The number of nitrogens with zero attached hydrogens (tertiary/aromatic N) is 3. The summed E-state index contributed by atoms with van der Waals surface area (Å²) in [7, 11) is 0. The van der Waals surface area contributed by atoms with Gasteiger partial charge in [0, 0.05) is 28.6 Å². The van der Waals surface area contributed by atoms with Crippen LogP contribution >= 0.6 is 11.3 Å². The number of fused-ring (bicyclic) bond motifs is 2. The van der Waals surface area contributed by atoms with Crippen molar-refractivity contribution in [2.24, 2.45) is 0 Å². The van der Waals surface area contributed by atoms with E-state index in [1.165, 1.54) is 11.1 Å². The number of hydrogen-bond acceptors (Lipinski definition) is 4. The lowest BCUT2D eigenvalue weighted by Crippen LogP contribution is -2.36. The van der Waals surface area contributed by atoms with Crippen molar-refractivity contribution in [1.29, 1.82) is 0 Å². The first-order valence-electron chi connectivity index (χ1n) is 11.4. The first-order chi connectivity index (χ1) is 16.0. The minimum Gasteiger partial charge on any atom is -0.332 e. The number of imidazole rings is 1. The van der Waals surface area contributed by atoms with Crippen LogP contribution in [0.5, 0.6) is 0 Å². The Morgan fingerprint density at radius 2 is 1.82 bits per heavy atom. The highest BCUT2D eigenvalue weighted by Gasteiger charge is 2.27. The number of benzene rings is 1. The lowest BCUT2D eigenvalue weighted by Gasteiger charge is -2.27. The van der Waals surface area contributed by atoms with Crippen LogP contribution in [0.15, 0.2) is 60.2 Å². The van der Waals surface area contributed by atoms with Crippen LogP contribution in [0.3, 0.4) is 0 Å². The van der Waals surface area contributed by atoms with Crippen molar-refractivity contribution in [2.75, 3.05) is 6.54 Å². The van der Waals surface area contributed by atoms with Crippen molar-refractivity contribution in [3.63, 3.8) is 0 Å². The molecule has 0 atom stereocenters. The van der Waals surface area contributed by atoms with Crippen molar-refractivity contribution in [1.82, 2.24) is 14.3 Å². The predicted molar refractivity (Wildman–Crippen MR) is 133 cm³/mol. The number of carbonyl (C=O) groups is 2. The van der Waals surface area contributed by atoms with E-state index in [1.54, 1.807) is 24.5 Å². The molecule has 0 fully saturated rings. The second-order valence-corrected chi connectivity index (χ2v) is 9.15. The highest BCUT2D eigenvalue weighted by atomic mass is 32.1. The zero-order valence-corrected chi connectivity index (χ0v) is 20.2. The van der Waals surface area contributed by atoms with Gasteiger partial charge in [0.2, 0.25) is 0 Å². The molecule has 0 aliphatic carbocycles. The molecule has 0 saturated heterocycles. The van der Waals surface area contributed by atoms with Crippen LogP contribution in [0.25, 0.3) is 5.65 Å². The fourth-order valence-corrected chi connectivity index (χ4v) is 5.27. The monoisotopic (exact) mass is 459 g/mol. The molecule has 5 rings (SSSR count). The molecule has 0 unspecified atom stereocenters. The summed E-state index contributed by atoms with van der Waals surface area (Å²) in [5.41, 5.74) is 6.16. The molecule has 6 heteroatoms. The molecule has 1 aliphatic heterocycles. The molecular formula is C27H29N3O2S. The summed E-state index contributed by atoms with van der Waals surface area (Å²) in [5, 5.41) is 1.91. The van der Waals surface area contributed by atoms with Crippen LogP contribution in [0.1, 0.15) is 63.2 Å². The molecular weight excluding hydrogens is 430 g/mol. The van der Waals surface area contributed by atoms with Gasteiger partial charge in [0.25, 0.3) is 5.91 Å². The fourth-order valence-electron chi connectivity index (χ4n) is 4.12. The quantitative estimate of drug-likeness (QED) is 0.373. The Labute approximate surface area is 198 Å². The average Bonchev–Trinajstić information content (AvgIpc) is 3.48. The van der Waals surface area contributed by atoms with Crippen molar-refractivity contribution < 1.29 is 9.59 Å². The summed E-state index contributed by atoms with van der Waals surface area (Å²) in [4.78, 5) is 31.7. The fraction of sp³-hybridized carbons (Fsp3) is 0.296. The van der Waals surface area contributed by atoms with Crippen LogP contribution in [-0.4, -0.2) is 32.5 Å². The minimum absolute atomic E-state index is 0.0212. The molecule has 1 amide bonds. The molecule has 0 saturated carbocycles. The maximum absolute atomic E-state index is 12.8. The van der Waals surface area contributed by atoms with Crippen molar-refractivity contribution >= 4 is 28.7 Å². The smallest absolute Gasteiger partial charge is 0.272 e. The number of ketones is 1. The molecule has 4 heterocycles. The van der Waals surface area contributed by atoms with Gasteiger partial charge in [-0.3, -0.25) is 14.0 Å². The SMILES string of the molecule is CC(=O)c1csc2c1CCN(C(=O)c1cnc3ccccn13)C2.CCc1cccc(CC)c1. The van der Waals surface area contributed by atoms with E-state index < -0.39 is 0 Å². The number of pyridine rings is 1. The summed E-state index contributed by atoms with van der Waals surface area (Å²) >= 11 is 1.57. The number of thiophene rings is 1. The van der Waals surface area contributed by atoms with Crippen molar-refractivity contribution in [2.45, 2.75) is 46.6 Å². The standard InChI is InChI=1S/C17H15N3O2S.C10H14/c1-11(21)13-10-23-15-9-19(7-5-12(13)15)17(22)14-8-18-16-4-2-3-6-20(14)16;1-3-9-6-5-7-10(4-2)8-9/h2-4,6,8,10H,5,7,9H2,1H3;5-8H,3-4H2,1-2H3. The number of carbonyl (C=O) groups excluding carboxylic acids is 2. The Morgan fingerprint density at radius 1 is 1.06 bits per heavy atom. The summed E-state index contributed by atoms with van der Waals surface area (Å²) < 4.78 is 1.81. The van der Waals surface area contributed by atoms with Gasteiger partial charge in [-0.1, -0.05) is 44.2 Å². The van der Waals surface area contributed by atoms with E-state index >= 15 is 0 Å². The molecule has 1 aromatic carbocycles. The molecule has 33 heavy (non-hydrogen) atoms. The van der Waals surface area contributed by atoms with E-state index in [9.17, 15) is 9.59 Å². The predicted octanol–water partition coefficient (Wildman–Crippen LogP) is 5.61. The van der Waals surface area contributed by atoms with Crippen LogP contribution in [0.4, 0.5) is 0 Å². The second-order valence-electron chi connectivity index (χ2n) is 8.18. The zero-order chi connectivity index (χ0) is 23.4. The molecule has 0 radical (unpaired) electrons. The Balaban J connectivity index is 0.000000219. The van der Waals surface area contributed by atoms with E-state index in [0.717, 1.165) is 40.9 Å². The number of aromatic nitrogens is 2. The topological polar surface area (TPSA) is 54.7 Å². The van der Waals surface area contributed by atoms with Gasteiger partial charge < -0.3 is 4.90 Å². The summed E-state index contributed by atoms with van der Waals surface area (Å²) in [6, 6.07) is 14.4. The largest absolute Gasteiger partial charge is 0.332 e. The first-order valence-corrected chi connectivity index (χ1v) is 12.3. The Hall–Kier alpha value is -3.25. The molecule has 4 aromatic rings. The first kappa shape index (κ1) is 22.9. The van der Waals surface area contributed by atoms with Crippen LogP contribution in [0, 0.1) is 0 Å². The van der Waals surface area contributed by atoms with E-state index in [2.05, 4.69) is 43.1 Å². The van der Waals surface area contributed by atoms with Gasteiger partial charge in [-0.15, -0.1) is 11.3 Å². The Kier molecular flexibility index (Phi) is 7.04. The zero-order valence-electron chi connectivity index (χ0n) is 19.4.